The maximum absolute atomic E-state index is 5.75. The van der Waals surface area contributed by atoms with Crippen molar-refractivity contribution in [3.05, 3.63) is 62.5 Å². The zero-order chi connectivity index (χ0) is 14.8. The van der Waals surface area contributed by atoms with Crippen molar-refractivity contribution in [3.8, 4) is 5.75 Å². The molecule has 0 bridgehead atoms. The lowest BCUT2D eigenvalue weighted by molar-refractivity contribution is 0.246. The normalized spacial score (nSPS) is 18.7. The van der Waals surface area contributed by atoms with Gasteiger partial charge in [0.15, 0.2) is 0 Å². The Labute approximate surface area is 142 Å². The number of hydrogen-bond acceptors (Lipinski definition) is 2. The van der Waals surface area contributed by atoms with E-state index in [-0.39, 0.29) is 6.04 Å². The molecule has 21 heavy (non-hydrogen) atoms. The van der Waals surface area contributed by atoms with Crippen molar-refractivity contribution in [3.63, 3.8) is 0 Å². The average Bonchev–Trinajstić information content (AvgIpc) is 2.48. The van der Waals surface area contributed by atoms with E-state index in [1.54, 1.807) is 0 Å². The molecule has 0 spiro atoms. The van der Waals surface area contributed by atoms with Crippen LogP contribution in [0, 0.1) is 0 Å². The molecule has 1 unspecified atom stereocenters. The first-order valence-electron chi connectivity index (χ1n) is 7.07. The van der Waals surface area contributed by atoms with Gasteiger partial charge in [-0.05, 0) is 42.8 Å². The number of halogens is 2. The van der Waals surface area contributed by atoms with Crippen LogP contribution in [0.5, 0.6) is 5.75 Å². The summed E-state index contributed by atoms with van der Waals surface area (Å²) < 4.78 is 7.95. The van der Waals surface area contributed by atoms with Crippen LogP contribution < -0.4 is 10.1 Å². The highest BCUT2D eigenvalue weighted by atomic mass is 79.9. The number of benzene rings is 2. The molecule has 1 aliphatic rings. The van der Waals surface area contributed by atoms with E-state index in [1.807, 2.05) is 12.1 Å². The summed E-state index contributed by atoms with van der Waals surface area (Å²) in [7, 11) is 0. The summed E-state index contributed by atoms with van der Waals surface area (Å²) in [4.78, 5) is 0. The predicted octanol–water partition coefficient (Wildman–Crippen LogP) is 5.39. The van der Waals surface area contributed by atoms with E-state index < -0.39 is 0 Å². The van der Waals surface area contributed by atoms with Gasteiger partial charge in [-0.3, -0.25) is 0 Å². The standard InChI is InChI=1S/C17H17Br2NO/c1-11(12-3-2-4-13(18)9-12)20-16-7-8-21-17-6-5-14(19)10-15(16)17/h2-6,9-11,16,20H,7-8H2,1H3/t11-,16?/m1/s1. The van der Waals surface area contributed by atoms with Gasteiger partial charge in [0.1, 0.15) is 5.75 Å². The largest absolute Gasteiger partial charge is 0.493 e. The number of hydrogen-bond donors (Lipinski definition) is 1. The fraction of sp³-hybridized carbons (Fsp3) is 0.294. The zero-order valence-electron chi connectivity index (χ0n) is 11.8. The van der Waals surface area contributed by atoms with Gasteiger partial charge in [0, 0.05) is 33.0 Å². The van der Waals surface area contributed by atoms with Gasteiger partial charge >= 0.3 is 0 Å². The lowest BCUT2D eigenvalue weighted by Crippen LogP contribution is -2.29. The van der Waals surface area contributed by atoms with Crippen LogP contribution in [-0.2, 0) is 0 Å². The monoisotopic (exact) mass is 409 g/mol. The molecule has 0 aliphatic carbocycles. The van der Waals surface area contributed by atoms with Crippen LogP contribution in [0.2, 0.25) is 0 Å². The summed E-state index contributed by atoms with van der Waals surface area (Å²) in [5.41, 5.74) is 2.52. The Morgan fingerprint density at radius 3 is 2.76 bits per heavy atom. The average molecular weight is 411 g/mol. The second kappa shape index (κ2) is 6.51. The molecular weight excluding hydrogens is 394 g/mol. The minimum absolute atomic E-state index is 0.289. The van der Waals surface area contributed by atoms with Crippen molar-refractivity contribution in [2.24, 2.45) is 0 Å². The minimum atomic E-state index is 0.289. The lowest BCUT2D eigenvalue weighted by atomic mass is 9.98. The Hall–Kier alpha value is -0.840. The van der Waals surface area contributed by atoms with Gasteiger partial charge in [-0.15, -0.1) is 0 Å². The van der Waals surface area contributed by atoms with Crippen molar-refractivity contribution >= 4 is 31.9 Å². The van der Waals surface area contributed by atoms with Crippen molar-refractivity contribution in [2.75, 3.05) is 6.61 Å². The second-order valence-corrected chi connectivity index (χ2v) is 7.15. The molecule has 0 saturated heterocycles. The molecule has 3 rings (SSSR count). The number of ether oxygens (including phenoxy) is 1. The number of fused-ring (bicyclic) bond motifs is 1. The van der Waals surface area contributed by atoms with E-state index in [0.717, 1.165) is 27.7 Å². The van der Waals surface area contributed by atoms with E-state index in [4.69, 9.17) is 4.74 Å². The molecule has 2 nitrogen and oxygen atoms in total. The molecule has 1 N–H and O–H groups in total. The maximum atomic E-state index is 5.75. The minimum Gasteiger partial charge on any atom is -0.493 e. The van der Waals surface area contributed by atoms with E-state index >= 15 is 0 Å². The van der Waals surface area contributed by atoms with Crippen LogP contribution in [-0.4, -0.2) is 6.61 Å². The Balaban J connectivity index is 1.81. The van der Waals surface area contributed by atoms with Crippen LogP contribution in [0.3, 0.4) is 0 Å². The molecule has 0 saturated carbocycles. The second-order valence-electron chi connectivity index (χ2n) is 5.32. The third-order valence-electron chi connectivity index (χ3n) is 3.81. The number of nitrogens with one attached hydrogen (secondary N) is 1. The van der Waals surface area contributed by atoms with Gasteiger partial charge < -0.3 is 10.1 Å². The molecule has 4 heteroatoms. The van der Waals surface area contributed by atoms with Gasteiger partial charge in [0.2, 0.25) is 0 Å². The third kappa shape index (κ3) is 3.50. The Morgan fingerprint density at radius 1 is 1.14 bits per heavy atom. The highest BCUT2D eigenvalue weighted by molar-refractivity contribution is 9.10. The fourth-order valence-electron chi connectivity index (χ4n) is 2.71. The van der Waals surface area contributed by atoms with Crippen LogP contribution in [0.25, 0.3) is 0 Å². The lowest BCUT2D eigenvalue weighted by Gasteiger charge is -2.29. The van der Waals surface area contributed by atoms with Crippen molar-refractivity contribution < 1.29 is 4.74 Å². The summed E-state index contributed by atoms with van der Waals surface area (Å²) in [6.45, 7) is 2.96. The molecule has 2 aromatic rings. The molecular formula is C17H17Br2NO. The van der Waals surface area contributed by atoms with E-state index in [2.05, 4.69) is 74.4 Å². The summed E-state index contributed by atoms with van der Waals surface area (Å²) in [6.07, 6.45) is 0.988. The van der Waals surface area contributed by atoms with Crippen molar-refractivity contribution in [2.45, 2.75) is 25.4 Å². The van der Waals surface area contributed by atoms with E-state index in [0.29, 0.717) is 6.04 Å². The predicted molar refractivity (Wildman–Crippen MR) is 92.7 cm³/mol. The van der Waals surface area contributed by atoms with Gasteiger partial charge in [-0.25, -0.2) is 0 Å². The summed E-state index contributed by atoms with van der Waals surface area (Å²) >= 11 is 7.09. The summed E-state index contributed by atoms with van der Waals surface area (Å²) in [5.74, 6) is 0.989. The molecule has 2 aromatic carbocycles. The maximum Gasteiger partial charge on any atom is 0.124 e. The fourth-order valence-corrected chi connectivity index (χ4v) is 3.51. The first kappa shape index (κ1) is 15.1. The summed E-state index contributed by atoms with van der Waals surface area (Å²) in [6, 6.07) is 15.3. The third-order valence-corrected chi connectivity index (χ3v) is 4.80. The van der Waals surface area contributed by atoms with E-state index in [9.17, 15) is 0 Å². The number of rotatable bonds is 3. The van der Waals surface area contributed by atoms with Crippen LogP contribution in [0.15, 0.2) is 51.4 Å². The molecule has 2 atom stereocenters. The smallest absolute Gasteiger partial charge is 0.124 e. The topological polar surface area (TPSA) is 21.3 Å². The molecule has 1 heterocycles. The molecule has 1 aliphatic heterocycles. The highest BCUT2D eigenvalue weighted by Gasteiger charge is 2.23. The Morgan fingerprint density at radius 2 is 1.95 bits per heavy atom. The van der Waals surface area contributed by atoms with Gasteiger partial charge in [-0.1, -0.05) is 44.0 Å². The van der Waals surface area contributed by atoms with Crippen LogP contribution in [0.4, 0.5) is 0 Å². The van der Waals surface area contributed by atoms with Gasteiger partial charge in [0.25, 0.3) is 0 Å². The summed E-state index contributed by atoms with van der Waals surface area (Å²) in [5, 5.41) is 3.72. The van der Waals surface area contributed by atoms with E-state index in [1.165, 1.54) is 11.1 Å². The molecule has 0 aromatic heterocycles. The molecule has 0 fully saturated rings. The SMILES string of the molecule is C[C@@H](NC1CCOc2ccc(Br)cc21)c1cccc(Br)c1. The van der Waals surface area contributed by atoms with Gasteiger partial charge in [0.05, 0.1) is 6.61 Å². The highest BCUT2D eigenvalue weighted by Crippen LogP contribution is 2.35. The molecule has 0 amide bonds. The molecule has 110 valence electrons. The first-order valence-corrected chi connectivity index (χ1v) is 8.66. The molecule has 0 radical (unpaired) electrons. The Bertz CT molecular complexity index is 644. The quantitative estimate of drug-likeness (QED) is 0.732. The Kier molecular flexibility index (Phi) is 4.67. The van der Waals surface area contributed by atoms with Crippen LogP contribution in [0.1, 0.15) is 36.6 Å². The van der Waals surface area contributed by atoms with Gasteiger partial charge in [-0.2, -0.15) is 0 Å². The first-order chi connectivity index (χ1) is 10.1. The zero-order valence-corrected chi connectivity index (χ0v) is 14.9. The van der Waals surface area contributed by atoms with Crippen LogP contribution >= 0.6 is 31.9 Å². The van der Waals surface area contributed by atoms with Crippen molar-refractivity contribution in [1.29, 1.82) is 0 Å². The van der Waals surface area contributed by atoms with Crippen molar-refractivity contribution in [1.82, 2.24) is 5.32 Å².